The molecule has 1 rings (SSSR count). The first-order valence-corrected chi connectivity index (χ1v) is 6.67. The first-order chi connectivity index (χ1) is 8.54. The molecule has 0 saturated heterocycles. The fourth-order valence-electron chi connectivity index (χ4n) is 2.79. The van der Waals surface area contributed by atoms with Gasteiger partial charge in [0.1, 0.15) is 0 Å². The van der Waals surface area contributed by atoms with Crippen LogP contribution in [0.4, 0.5) is 0 Å². The fraction of sp³-hybridized carbons (Fsp3) is 0.714. The molecule has 0 aromatic heterocycles. The number of aliphatic carboxylic acids is 1. The maximum absolute atomic E-state index is 12.4. The van der Waals surface area contributed by atoms with E-state index in [1.807, 2.05) is 6.92 Å². The van der Waals surface area contributed by atoms with Crippen molar-refractivity contribution in [2.24, 2.45) is 17.8 Å². The molecule has 1 fully saturated rings. The van der Waals surface area contributed by atoms with Crippen LogP contribution >= 0.6 is 0 Å². The molecule has 4 nitrogen and oxygen atoms in total. The normalized spacial score (nSPS) is 26.9. The Balaban J connectivity index is 2.81. The summed E-state index contributed by atoms with van der Waals surface area (Å²) in [5.41, 5.74) is 0. The van der Waals surface area contributed by atoms with E-state index in [-0.39, 0.29) is 11.8 Å². The standard InChI is InChI=1S/C14H23NO3/c1-4-7-15(6-3)13(16)11-8-10(5-2)9-12(11)14(17)18/h4,10-12H,1,5-9H2,2-3H3,(H,17,18). The second kappa shape index (κ2) is 6.57. The van der Waals surface area contributed by atoms with E-state index in [1.54, 1.807) is 11.0 Å². The molecule has 1 aliphatic rings. The minimum absolute atomic E-state index is 0.0271. The summed E-state index contributed by atoms with van der Waals surface area (Å²) in [4.78, 5) is 25.3. The molecule has 3 atom stereocenters. The van der Waals surface area contributed by atoms with Crippen LogP contribution in [0, 0.1) is 17.8 Å². The van der Waals surface area contributed by atoms with Gasteiger partial charge >= 0.3 is 5.97 Å². The van der Waals surface area contributed by atoms with Crippen molar-refractivity contribution in [2.75, 3.05) is 13.1 Å². The fourth-order valence-corrected chi connectivity index (χ4v) is 2.79. The van der Waals surface area contributed by atoms with E-state index in [0.29, 0.717) is 31.8 Å². The van der Waals surface area contributed by atoms with E-state index in [2.05, 4.69) is 13.5 Å². The van der Waals surface area contributed by atoms with Gasteiger partial charge in [-0.05, 0) is 25.7 Å². The maximum Gasteiger partial charge on any atom is 0.307 e. The lowest BCUT2D eigenvalue weighted by Crippen LogP contribution is -2.39. The van der Waals surface area contributed by atoms with E-state index in [4.69, 9.17) is 0 Å². The molecular weight excluding hydrogens is 230 g/mol. The molecule has 1 amide bonds. The van der Waals surface area contributed by atoms with Crippen LogP contribution in [0.15, 0.2) is 12.7 Å². The third-order valence-corrected chi connectivity index (χ3v) is 3.91. The SMILES string of the molecule is C=CCN(CC)C(=O)C1CC(CC)CC1C(=O)O. The Labute approximate surface area is 109 Å². The highest BCUT2D eigenvalue weighted by atomic mass is 16.4. The van der Waals surface area contributed by atoms with Gasteiger partial charge in [0.2, 0.25) is 5.91 Å². The van der Waals surface area contributed by atoms with Gasteiger partial charge in [0.15, 0.2) is 0 Å². The van der Waals surface area contributed by atoms with Crippen LogP contribution in [0.1, 0.15) is 33.1 Å². The smallest absolute Gasteiger partial charge is 0.307 e. The van der Waals surface area contributed by atoms with Crippen LogP contribution in [-0.2, 0) is 9.59 Å². The lowest BCUT2D eigenvalue weighted by Gasteiger charge is -2.25. The largest absolute Gasteiger partial charge is 0.481 e. The predicted octanol–water partition coefficient (Wildman–Crippen LogP) is 2.16. The highest BCUT2D eigenvalue weighted by Crippen LogP contribution is 2.39. The van der Waals surface area contributed by atoms with Crippen molar-refractivity contribution < 1.29 is 14.7 Å². The number of likely N-dealkylation sites (N-methyl/N-ethyl adjacent to an activating group) is 1. The summed E-state index contributed by atoms with van der Waals surface area (Å²) in [6.45, 7) is 8.69. The number of carboxylic acids is 1. The minimum Gasteiger partial charge on any atom is -0.481 e. The summed E-state index contributed by atoms with van der Waals surface area (Å²) < 4.78 is 0. The van der Waals surface area contributed by atoms with Crippen molar-refractivity contribution in [1.29, 1.82) is 0 Å². The number of hydrogen-bond acceptors (Lipinski definition) is 2. The van der Waals surface area contributed by atoms with Gasteiger partial charge in [0, 0.05) is 13.1 Å². The molecule has 0 aromatic rings. The number of carbonyl (C=O) groups is 2. The van der Waals surface area contributed by atoms with Crippen molar-refractivity contribution in [2.45, 2.75) is 33.1 Å². The van der Waals surface area contributed by atoms with Crippen LogP contribution in [0.5, 0.6) is 0 Å². The molecule has 1 saturated carbocycles. The van der Waals surface area contributed by atoms with Crippen molar-refractivity contribution in [3.63, 3.8) is 0 Å². The Morgan fingerprint density at radius 3 is 2.39 bits per heavy atom. The molecule has 18 heavy (non-hydrogen) atoms. The molecule has 3 unspecified atom stereocenters. The van der Waals surface area contributed by atoms with E-state index in [0.717, 1.165) is 6.42 Å². The van der Waals surface area contributed by atoms with Crippen molar-refractivity contribution in [3.05, 3.63) is 12.7 Å². The summed E-state index contributed by atoms with van der Waals surface area (Å²) >= 11 is 0. The third kappa shape index (κ3) is 3.12. The average Bonchev–Trinajstić information content (AvgIpc) is 2.79. The summed E-state index contributed by atoms with van der Waals surface area (Å²) in [5.74, 6) is -1.36. The van der Waals surface area contributed by atoms with E-state index < -0.39 is 11.9 Å². The van der Waals surface area contributed by atoms with Gasteiger partial charge in [-0.25, -0.2) is 0 Å². The molecule has 0 heterocycles. The summed E-state index contributed by atoms with van der Waals surface area (Å²) in [7, 11) is 0. The molecule has 1 N–H and O–H groups in total. The summed E-state index contributed by atoms with van der Waals surface area (Å²) in [6, 6.07) is 0. The number of carboxylic acid groups (broad SMARTS) is 1. The Bertz CT molecular complexity index is 327. The zero-order valence-corrected chi connectivity index (χ0v) is 11.3. The molecular formula is C14H23NO3. The van der Waals surface area contributed by atoms with Gasteiger partial charge in [0.25, 0.3) is 0 Å². The first kappa shape index (κ1) is 14.7. The van der Waals surface area contributed by atoms with Crippen molar-refractivity contribution >= 4 is 11.9 Å². The third-order valence-electron chi connectivity index (χ3n) is 3.91. The zero-order valence-electron chi connectivity index (χ0n) is 11.3. The lowest BCUT2D eigenvalue weighted by molar-refractivity contribution is -0.148. The van der Waals surface area contributed by atoms with Crippen LogP contribution in [-0.4, -0.2) is 35.0 Å². The molecule has 4 heteroatoms. The number of amides is 1. The zero-order chi connectivity index (χ0) is 13.7. The van der Waals surface area contributed by atoms with Gasteiger partial charge in [0.05, 0.1) is 11.8 Å². The second-order valence-electron chi connectivity index (χ2n) is 4.96. The molecule has 0 bridgehead atoms. The molecule has 0 aliphatic heterocycles. The number of hydrogen-bond donors (Lipinski definition) is 1. The monoisotopic (exact) mass is 253 g/mol. The van der Waals surface area contributed by atoms with Crippen molar-refractivity contribution in [1.82, 2.24) is 4.90 Å². The van der Waals surface area contributed by atoms with Gasteiger partial charge < -0.3 is 10.0 Å². The lowest BCUT2D eigenvalue weighted by atomic mass is 9.94. The van der Waals surface area contributed by atoms with E-state index in [9.17, 15) is 14.7 Å². The maximum atomic E-state index is 12.4. The quantitative estimate of drug-likeness (QED) is 0.738. The molecule has 0 spiro atoms. The van der Waals surface area contributed by atoms with Crippen LogP contribution in [0.2, 0.25) is 0 Å². The Morgan fingerprint density at radius 2 is 1.94 bits per heavy atom. The summed E-state index contributed by atoms with van der Waals surface area (Å²) in [5, 5.41) is 9.24. The highest BCUT2D eigenvalue weighted by Gasteiger charge is 2.43. The Kier molecular flexibility index (Phi) is 5.38. The van der Waals surface area contributed by atoms with E-state index >= 15 is 0 Å². The average molecular weight is 253 g/mol. The molecule has 1 aliphatic carbocycles. The molecule has 0 radical (unpaired) electrons. The first-order valence-electron chi connectivity index (χ1n) is 6.67. The van der Waals surface area contributed by atoms with Crippen molar-refractivity contribution in [3.8, 4) is 0 Å². The number of carbonyl (C=O) groups excluding carboxylic acids is 1. The second-order valence-corrected chi connectivity index (χ2v) is 4.96. The molecule has 0 aromatic carbocycles. The van der Waals surface area contributed by atoms with Crippen LogP contribution < -0.4 is 0 Å². The Hall–Kier alpha value is -1.32. The van der Waals surface area contributed by atoms with Gasteiger partial charge in [-0.2, -0.15) is 0 Å². The minimum atomic E-state index is -0.834. The van der Waals surface area contributed by atoms with Gasteiger partial charge in [-0.15, -0.1) is 6.58 Å². The van der Waals surface area contributed by atoms with Gasteiger partial charge in [-0.1, -0.05) is 19.4 Å². The Morgan fingerprint density at radius 1 is 1.33 bits per heavy atom. The molecule has 102 valence electrons. The highest BCUT2D eigenvalue weighted by molar-refractivity contribution is 5.85. The summed E-state index contributed by atoms with van der Waals surface area (Å²) in [6.07, 6.45) is 3.97. The number of rotatable bonds is 6. The van der Waals surface area contributed by atoms with E-state index in [1.165, 1.54) is 0 Å². The van der Waals surface area contributed by atoms with Gasteiger partial charge in [-0.3, -0.25) is 9.59 Å². The van der Waals surface area contributed by atoms with Crippen LogP contribution in [0.3, 0.4) is 0 Å². The number of nitrogens with zero attached hydrogens (tertiary/aromatic N) is 1. The topological polar surface area (TPSA) is 57.6 Å². The van der Waals surface area contributed by atoms with Crippen LogP contribution in [0.25, 0.3) is 0 Å². The predicted molar refractivity (Wildman–Crippen MR) is 70.1 cm³/mol.